The average Bonchev–Trinajstić information content (AvgIpc) is 2.29. The van der Waals surface area contributed by atoms with Crippen molar-refractivity contribution in [1.29, 1.82) is 0 Å². The highest BCUT2D eigenvalue weighted by atomic mass is 19.3. The third-order valence-corrected chi connectivity index (χ3v) is 2.00. The van der Waals surface area contributed by atoms with Crippen molar-refractivity contribution in [2.45, 2.75) is 18.8 Å². The molecule has 1 rings (SSSR count). The van der Waals surface area contributed by atoms with Crippen LogP contribution in [0, 0.1) is 0 Å². The van der Waals surface area contributed by atoms with Gasteiger partial charge in [0.05, 0.1) is 0 Å². The fourth-order valence-corrected chi connectivity index (χ4v) is 1.15. The molecule has 0 saturated heterocycles. The van der Waals surface area contributed by atoms with Gasteiger partial charge in [0.2, 0.25) is 0 Å². The quantitative estimate of drug-likeness (QED) is 0.709. The predicted octanol–water partition coefficient (Wildman–Crippen LogP) is 2.11. The maximum atomic E-state index is 12.4. The lowest BCUT2D eigenvalue weighted by Gasteiger charge is -2.14. The van der Waals surface area contributed by atoms with Gasteiger partial charge >= 0.3 is 12.3 Å². The number of ketones is 1. The Kier molecular flexibility index (Phi) is 5.21. The van der Waals surface area contributed by atoms with Gasteiger partial charge < -0.3 is 4.74 Å². The maximum Gasteiger partial charge on any atom is 0.330 e. The van der Waals surface area contributed by atoms with E-state index in [2.05, 4.69) is 9.72 Å². The molecule has 0 atom stereocenters. The summed E-state index contributed by atoms with van der Waals surface area (Å²) in [6.07, 6.45) is -0.862. The fourth-order valence-electron chi connectivity index (χ4n) is 1.15. The number of ether oxygens (including phenoxy) is 1. The number of alkyl halides is 4. The van der Waals surface area contributed by atoms with E-state index < -0.39 is 31.3 Å². The van der Waals surface area contributed by atoms with Crippen molar-refractivity contribution in [2.24, 2.45) is 0 Å². The van der Waals surface area contributed by atoms with Crippen LogP contribution < -0.4 is 0 Å². The van der Waals surface area contributed by atoms with Gasteiger partial charge in [-0.05, 0) is 11.6 Å². The van der Waals surface area contributed by atoms with Crippen molar-refractivity contribution in [3.63, 3.8) is 0 Å². The maximum absolute atomic E-state index is 12.4. The van der Waals surface area contributed by atoms with Gasteiger partial charge in [-0.2, -0.15) is 8.78 Å². The molecule has 1 aromatic rings. The fraction of sp³-hybridized carbons (Fsp3) is 0.455. The number of hydrogen-bond donors (Lipinski definition) is 0. The molecule has 0 aromatic carbocycles. The van der Waals surface area contributed by atoms with Gasteiger partial charge in [-0.3, -0.25) is 9.78 Å². The number of carbonyl (C=O) groups excluding carboxylic acids is 1. The summed E-state index contributed by atoms with van der Waals surface area (Å²) in [6.45, 7) is -2.10. The second kappa shape index (κ2) is 6.44. The summed E-state index contributed by atoms with van der Waals surface area (Å²) in [5.74, 6) is -4.71. The monoisotopic (exact) mass is 265 g/mol. The van der Waals surface area contributed by atoms with Crippen LogP contribution in [-0.4, -0.2) is 36.3 Å². The molecule has 0 spiro atoms. The summed E-state index contributed by atoms with van der Waals surface area (Å²) in [5, 5.41) is 0. The van der Waals surface area contributed by atoms with Gasteiger partial charge in [0.1, 0.15) is 13.2 Å². The van der Waals surface area contributed by atoms with Crippen LogP contribution in [0.4, 0.5) is 17.6 Å². The average molecular weight is 265 g/mol. The van der Waals surface area contributed by atoms with Crippen LogP contribution in [0.3, 0.4) is 0 Å². The molecule has 0 aliphatic heterocycles. The second-order valence-electron chi connectivity index (χ2n) is 3.63. The molecule has 100 valence electrons. The standard InChI is InChI=1S/C11H11F4NO2/c12-10(13)11(14,15)7-18-6-9(17)4-8-2-1-3-16-5-8/h1-3,5,10H,4,6-7H2. The van der Waals surface area contributed by atoms with Crippen LogP contribution in [-0.2, 0) is 16.0 Å². The normalized spacial score (nSPS) is 11.8. The first-order chi connectivity index (χ1) is 8.42. The Labute approximate surface area is 101 Å². The molecule has 0 fully saturated rings. The van der Waals surface area contributed by atoms with Crippen LogP contribution in [0.1, 0.15) is 5.56 Å². The summed E-state index contributed by atoms with van der Waals surface area (Å²) in [4.78, 5) is 15.1. The topological polar surface area (TPSA) is 39.2 Å². The summed E-state index contributed by atoms with van der Waals surface area (Å²) >= 11 is 0. The van der Waals surface area contributed by atoms with Gasteiger partial charge in [-0.1, -0.05) is 6.07 Å². The number of pyridine rings is 1. The Morgan fingerprint density at radius 3 is 2.72 bits per heavy atom. The van der Waals surface area contributed by atoms with Crippen LogP contribution in [0.15, 0.2) is 24.5 Å². The highest BCUT2D eigenvalue weighted by molar-refractivity contribution is 5.81. The van der Waals surface area contributed by atoms with E-state index in [1.807, 2.05) is 0 Å². The lowest BCUT2D eigenvalue weighted by Crippen LogP contribution is -2.33. The Morgan fingerprint density at radius 2 is 2.17 bits per heavy atom. The zero-order valence-corrected chi connectivity index (χ0v) is 9.28. The molecule has 0 aliphatic rings. The lowest BCUT2D eigenvalue weighted by atomic mass is 10.1. The highest BCUT2D eigenvalue weighted by Crippen LogP contribution is 2.22. The molecular weight excluding hydrogens is 254 g/mol. The molecule has 1 aromatic heterocycles. The Balaban J connectivity index is 2.30. The van der Waals surface area contributed by atoms with Crippen LogP contribution in [0.2, 0.25) is 0 Å². The van der Waals surface area contributed by atoms with Crippen LogP contribution in [0.25, 0.3) is 0 Å². The number of hydrogen-bond acceptors (Lipinski definition) is 3. The largest absolute Gasteiger partial charge is 0.367 e. The molecule has 0 aliphatic carbocycles. The third-order valence-electron chi connectivity index (χ3n) is 2.00. The molecule has 0 bridgehead atoms. The zero-order valence-electron chi connectivity index (χ0n) is 9.28. The van der Waals surface area contributed by atoms with E-state index in [1.54, 1.807) is 12.1 Å². The SMILES string of the molecule is O=C(COCC(F)(F)C(F)F)Cc1cccnc1. The van der Waals surface area contributed by atoms with Gasteiger partial charge in [0, 0.05) is 18.8 Å². The number of halogens is 4. The lowest BCUT2D eigenvalue weighted by molar-refractivity contribution is -0.168. The highest BCUT2D eigenvalue weighted by Gasteiger charge is 2.41. The van der Waals surface area contributed by atoms with Gasteiger partial charge in [0.25, 0.3) is 0 Å². The van der Waals surface area contributed by atoms with Gasteiger partial charge in [-0.15, -0.1) is 0 Å². The van der Waals surface area contributed by atoms with Gasteiger partial charge in [0.15, 0.2) is 5.78 Å². The number of nitrogens with zero attached hydrogens (tertiary/aromatic N) is 1. The molecule has 18 heavy (non-hydrogen) atoms. The van der Waals surface area contributed by atoms with Crippen molar-refractivity contribution in [1.82, 2.24) is 4.98 Å². The second-order valence-corrected chi connectivity index (χ2v) is 3.63. The summed E-state index contributed by atoms with van der Waals surface area (Å²) < 4.78 is 52.7. The van der Waals surface area contributed by atoms with Crippen molar-refractivity contribution >= 4 is 5.78 Å². The van der Waals surface area contributed by atoms with Crippen molar-refractivity contribution < 1.29 is 27.1 Å². The van der Waals surface area contributed by atoms with E-state index in [0.717, 1.165) is 0 Å². The Morgan fingerprint density at radius 1 is 1.44 bits per heavy atom. The minimum absolute atomic E-state index is 0.0336. The summed E-state index contributed by atoms with van der Waals surface area (Å²) in [5.41, 5.74) is 0.603. The zero-order chi connectivity index (χ0) is 13.6. The minimum atomic E-state index is -4.23. The third kappa shape index (κ3) is 4.79. The van der Waals surface area contributed by atoms with Crippen LogP contribution >= 0.6 is 0 Å². The van der Waals surface area contributed by atoms with E-state index in [-0.39, 0.29) is 6.42 Å². The molecule has 7 heteroatoms. The van der Waals surface area contributed by atoms with Crippen molar-refractivity contribution in [3.8, 4) is 0 Å². The van der Waals surface area contributed by atoms with E-state index in [9.17, 15) is 22.4 Å². The Bertz CT molecular complexity index is 384. The number of aromatic nitrogens is 1. The Hall–Kier alpha value is -1.50. The molecule has 0 unspecified atom stereocenters. The smallest absolute Gasteiger partial charge is 0.330 e. The van der Waals surface area contributed by atoms with Crippen molar-refractivity contribution in [2.75, 3.05) is 13.2 Å². The molecule has 0 N–H and O–H groups in total. The van der Waals surface area contributed by atoms with Crippen LogP contribution in [0.5, 0.6) is 0 Å². The summed E-state index contributed by atoms with van der Waals surface area (Å²) in [6, 6.07) is 3.26. The number of rotatable bonds is 7. The summed E-state index contributed by atoms with van der Waals surface area (Å²) in [7, 11) is 0. The molecule has 0 amide bonds. The molecule has 3 nitrogen and oxygen atoms in total. The number of Topliss-reactive ketones (excluding diaryl/α,β-unsaturated/α-hetero) is 1. The first kappa shape index (κ1) is 14.6. The minimum Gasteiger partial charge on any atom is -0.367 e. The van der Waals surface area contributed by atoms with E-state index in [0.29, 0.717) is 5.56 Å². The van der Waals surface area contributed by atoms with E-state index in [1.165, 1.54) is 12.4 Å². The van der Waals surface area contributed by atoms with E-state index in [4.69, 9.17) is 0 Å². The predicted molar refractivity (Wildman–Crippen MR) is 54.7 cm³/mol. The van der Waals surface area contributed by atoms with E-state index >= 15 is 0 Å². The van der Waals surface area contributed by atoms with Crippen molar-refractivity contribution in [3.05, 3.63) is 30.1 Å². The first-order valence-corrected chi connectivity index (χ1v) is 5.06. The molecular formula is C11H11F4NO2. The molecule has 1 heterocycles. The number of carbonyl (C=O) groups is 1. The molecule has 0 saturated carbocycles. The molecule has 0 radical (unpaired) electrons. The first-order valence-electron chi connectivity index (χ1n) is 5.06. The van der Waals surface area contributed by atoms with Gasteiger partial charge in [-0.25, -0.2) is 8.78 Å².